The van der Waals surface area contributed by atoms with Gasteiger partial charge in [-0.25, -0.2) is 9.97 Å². The van der Waals surface area contributed by atoms with E-state index in [4.69, 9.17) is 4.74 Å². The molecule has 1 amide bonds. The summed E-state index contributed by atoms with van der Waals surface area (Å²) in [5.41, 5.74) is 3.71. The van der Waals surface area contributed by atoms with Crippen LogP contribution < -0.4 is 15.4 Å². The fourth-order valence-corrected chi connectivity index (χ4v) is 2.84. The van der Waals surface area contributed by atoms with Gasteiger partial charge in [-0.15, -0.1) is 0 Å². The number of benzene rings is 2. The van der Waals surface area contributed by atoms with Crippen molar-refractivity contribution in [3.63, 3.8) is 0 Å². The van der Waals surface area contributed by atoms with Crippen LogP contribution in [0.2, 0.25) is 0 Å². The Labute approximate surface area is 171 Å². The summed E-state index contributed by atoms with van der Waals surface area (Å²) in [4.78, 5) is 20.8. The molecule has 6 heteroatoms. The van der Waals surface area contributed by atoms with Crippen molar-refractivity contribution < 1.29 is 9.53 Å². The Kier molecular flexibility index (Phi) is 6.79. The van der Waals surface area contributed by atoms with Gasteiger partial charge in [0, 0.05) is 24.6 Å². The second-order valence-electron chi connectivity index (χ2n) is 7.05. The molecule has 1 heterocycles. The van der Waals surface area contributed by atoms with Crippen LogP contribution in [-0.4, -0.2) is 29.5 Å². The van der Waals surface area contributed by atoms with Crippen LogP contribution in [-0.2, 0) is 6.42 Å². The molecule has 0 fully saturated rings. The minimum atomic E-state index is -0.194. The number of nitrogens with zero attached hydrogens (tertiary/aromatic N) is 2. The molecule has 0 atom stereocenters. The van der Waals surface area contributed by atoms with Crippen molar-refractivity contribution >= 4 is 17.5 Å². The highest BCUT2D eigenvalue weighted by Crippen LogP contribution is 2.19. The zero-order valence-corrected chi connectivity index (χ0v) is 17.0. The predicted molar refractivity (Wildman–Crippen MR) is 115 cm³/mol. The third-order valence-electron chi connectivity index (χ3n) is 4.58. The highest BCUT2D eigenvalue weighted by atomic mass is 16.5. The number of carbonyl (C=O) groups is 1. The fraction of sp³-hybridized carbons (Fsp3) is 0.261. The van der Waals surface area contributed by atoms with Crippen molar-refractivity contribution in [2.45, 2.75) is 26.2 Å². The van der Waals surface area contributed by atoms with Crippen LogP contribution >= 0.6 is 0 Å². The minimum Gasteiger partial charge on any atom is -0.497 e. The molecule has 0 aliphatic heterocycles. The number of hydrogen-bond donors (Lipinski definition) is 2. The highest BCUT2D eigenvalue weighted by Gasteiger charge is 2.07. The molecule has 1 aromatic heterocycles. The number of aromatic nitrogens is 2. The predicted octanol–water partition coefficient (Wildman–Crippen LogP) is 4.32. The molecule has 2 aromatic carbocycles. The number of ether oxygens (including phenoxy) is 1. The fourth-order valence-electron chi connectivity index (χ4n) is 2.84. The molecule has 2 N–H and O–H groups in total. The van der Waals surface area contributed by atoms with Crippen LogP contribution in [0, 0.1) is 0 Å². The number of carbonyl (C=O) groups excluding carboxylic acids is 1. The molecule has 0 unspecified atom stereocenters. The summed E-state index contributed by atoms with van der Waals surface area (Å²) in [6, 6.07) is 16.0. The van der Waals surface area contributed by atoms with Gasteiger partial charge in [-0.05, 0) is 47.7 Å². The lowest BCUT2D eigenvalue weighted by Crippen LogP contribution is -2.26. The van der Waals surface area contributed by atoms with Gasteiger partial charge in [0.15, 0.2) is 0 Å². The van der Waals surface area contributed by atoms with Crippen LogP contribution in [0.25, 0.3) is 0 Å². The highest BCUT2D eigenvalue weighted by molar-refractivity contribution is 5.93. The van der Waals surface area contributed by atoms with Crippen LogP contribution in [0.5, 0.6) is 5.75 Å². The molecule has 0 aliphatic carbocycles. The second-order valence-corrected chi connectivity index (χ2v) is 7.05. The quantitative estimate of drug-likeness (QED) is 0.599. The Hall–Kier alpha value is -3.41. The molecule has 0 saturated carbocycles. The summed E-state index contributed by atoms with van der Waals surface area (Å²) in [5.74, 6) is 1.56. The van der Waals surface area contributed by atoms with Crippen LogP contribution in [0.3, 0.4) is 0 Å². The molecule has 150 valence electrons. The molecule has 29 heavy (non-hydrogen) atoms. The van der Waals surface area contributed by atoms with Crippen LogP contribution in [0.4, 0.5) is 11.6 Å². The smallest absolute Gasteiger partial charge is 0.254 e. The van der Waals surface area contributed by atoms with E-state index in [2.05, 4.69) is 46.6 Å². The molecule has 0 bridgehead atoms. The van der Waals surface area contributed by atoms with Gasteiger partial charge >= 0.3 is 0 Å². The first kappa shape index (κ1) is 20.3. The Bertz CT molecular complexity index is 938. The van der Waals surface area contributed by atoms with Crippen molar-refractivity contribution in [1.82, 2.24) is 15.3 Å². The van der Waals surface area contributed by atoms with E-state index >= 15 is 0 Å². The van der Waals surface area contributed by atoms with E-state index in [0.29, 0.717) is 24.0 Å². The Balaban J connectivity index is 1.51. The molecule has 0 radical (unpaired) electrons. The van der Waals surface area contributed by atoms with Gasteiger partial charge in [-0.2, -0.15) is 0 Å². The van der Waals surface area contributed by atoms with Gasteiger partial charge in [-0.1, -0.05) is 38.1 Å². The van der Waals surface area contributed by atoms with Gasteiger partial charge in [0.2, 0.25) is 5.95 Å². The van der Waals surface area contributed by atoms with Crippen LogP contribution in [0.1, 0.15) is 41.3 Å². The molecule has 3 rings (SSSR count). The monoisotopic (exact) mass is 390 g/mol. The summed E-state index contributed by atoms with van der Waals surface area (Å²) in [5, 5.41) is 6.04. The van der Waals surface area contributed by atoms with E-state index in [1.807, 2.05) is 36.4 Å². The first-order chi connectivity index (χ1) is 14.0. The summed E-state index contributed by atoms with van der Waals surface area (Å²) in [6.07, 6.45) is 3.77. The summed E-state index contributed by atoms with van der Waals surface area (Å²) >= 11 is 0. The maximum atomic E-state index is 12.3. The average Bonchev–Trinajstić information content (AvgIpc) is 2.74. The number of methoxy groups -OCH3 is 1. The first-order valence-corrected chi connectivity index (χ1v) is 9.65. The van der Waals surface area contributed by atoms with Crippen molar-refractivity contribution in [3.8, 4) is 5.75 Å². The Morgan fingerprint density at radius 3 is 2.45 bits per heavy atom. The van der Waals surface area contributed by atoms with Gasteiger partial charge in [-0.3, -0.25) is 4.79 Å². The molecule has 0 saturated heterocycles. The summed E-state index contributed by atoms with van der Waals surface area (Å²) in [7, 11) is 1.64. The van der Waals surface area contributed by atoms with Crippen molar-refractivity contribution in [1.29, 1.82) is 0 Å². The van der Waals surface area contributed by atoms with Gasteiger partial charge in [0.25, 0.3) is 5.91 Å². The van der Waals surface area contributed by atoms with E-state index in [0.717, 1.165) is 23.4 Å². The summed E-state index contributed by atoms with van der Waals surface area (Å²) < 4.78 is 5.21. The zero-order chi connectivity index (χ0) is 20.6. The van der Waals surface area contributed by atoms with Gasteiger partial charge < -0.3 is 15.4 Å². The lowest BCUT2D eigenvalue weighted by atomic mass is 10.0. The number of hydrogen-bond acceptors (Lipinski definition) is 5. The number of rotatable bonds is 8. The van der Waals surface area contributed by atoms with E-state index in [1.54, 1.807) is 7.11 Å². The molecule has 3 aromatic rings. The van der Waals surface area contributed by atoms with E-state index in [1.165, 1.54) is 18.0 Å². The molecular formula is C23H26N4O2. The SMILES string of the molecule is COc1cccc(CCNC(=O)c2cnc(Nc3ccc(C(C)C)cc3)nc2)c1. The lowest BCUT2D eigenvalue weighted by molar-refractivity contribution is 0.0953. The van der Waals surface area contributed by atoms with Crippen molar-refractivity contribution in [2.75, 3.05) is 19.0 Å². The minimum absolute atomic E-state index is 0.194. The number of amides is 1. The summed E-state index contributed by atoms with van der Waals surface area (Å²) in [6.45, 7) is 4.84. The molecule has 0 aliphatic rings. The molecule has 0 spiro atoms. The normalized spacial score (nSPS) is 10.6. The third kappa shape index (κ3) is 5.78. The number of nitrogens with one attached hydrogen (secondary N) is 2. The van der Waals surface area contributed by atoms with Gasteiger partial charge in [0.05, 0.1) is 12.7 Å². The van der Waals surface area contributed by atoms with E-state index in [9.17, 15) is 4.79 Å². The van der Waals surface area contributed by atoms with Gasteiger partial charge in [0.1, 0.15) is 5.75 Å². The molecular weight excluding hydrogens is 364 g/mol. The maximum absolute atomic E-state index is 12.3. The average molecular weight is 390 g/mol. The maximum Gasteiger partial charge on any atom is 0.254 e. The van der Waals surface area contributed by atoms with Crippen molar-refractivity contribution in [3.05, 3.63) is 77.6 Å². The Morgan fingerprint density at radius 2 is 1.79 bits per heavy atom. The molecule has 6 nitrogen and oxygen atoms in total. The van der Waals surface area contributed by atoms with Crippen molar-refractivity contribution in [2.24, 2.45) is 0 Å². The first-order valence-electron chi connectivity index (χ1n) is 9.65. The second kappa shape index (κ2) is 9.68. The lowest BCUT2D eigenvalue weighted by Gasteiger charge is -2.09. The van der Waals surface area contributed by atoms with E-state index in [-0.39, 0.29) is 5.91 Å². The topological polar surface area (TPSA) is 76.1 Å². The standard InChI is InChI=1S/C23H26N4O2/c1-16(2)18-7-9-20(10-8-18)27-23-25-14-19(15-26-23)22(28)24-12-11-17-5-4-6-21(13-17)29-3/h4-10,13-16H,11-12H2,1-3H3,(H,24,28)(H,25,26,27). The van der Waals surface area contributed by atoms with E-state index < -0.39 is 0 Å². The third-order valence-corrected chi connectivity index (χ3v) is 4.58. The largest absolute Gasteiger partial charge is 0.497 e. The zero-order valence-electron chi connectivity index (χ0n) is 17.0. The van der Waals surface area contributed by atoms with Crippen LogP contribution in [0.15, 0.2) is 60.9 Å². The Morgan fingerprint density at radius 1 is 1.07 bits per heavy atom. The number of anilines is 2.